The van der Waals surface area contributed by atoms with Crippen molar-refractivity contribution in [3.63, 3.8) is 0 Å². The molecular weight excluding hydrogens is 366 g/mol. The lowest BCUT2D eigenvalue weighted by Gasteiger charge is -2.27. The molecule has 0 fully saturated rings. The van der Waals surface area contributed by atoms with Crippen LogP contribution in [-0.4, -0.2) is 14.4 Å². The monoisotopic (exact) mass is 401 g/mol. The fourth-order valence-electron chi connectivity index (χ4n) is 5.63. The summed E-state index contributed by atoms with van der Waals surface area (Å²) in [4.78, 5) is 9.95. The van der Waals surface area contributed by atoms with Gasteiger partial charge in [0.05, 0.1) is 16.6 Å². The van der Waals surface area contributed by atoms with E-state index in [9.17, 15) is 0 Å². The molecule has 0 amide bonds. The summed E-state index contributed by atoms with van der Waals surface area (Å²) in [6.45, 7) is 15.6. The highest BCUT2D eigenvalue weighted by atomic mass is 15.1. The van der Waals surface area contributed by atoms with Gasteiger partial charge in [-0.05, 0) is 66.0 Å². The Kier molecular flexibility index (Phi) is 5.12. The van der Waals surface area contributed by atoms with Crippen LogP contribution in [0.5, 0.6) is 0 Å². The van der Waals surface area contributed by atoms with E-state index in [1.54, 1.807) is 0 Å². The Bertz CT molecular complexity index is 1230. The summed E-state index contributed by atoms with van der Waals surface area (Å²) in [5.41, 5.74) is 7.77. The van der Waals surface area contributed by atoms with Gasteiger partial charge in [-0.15, -0.1) is 0 Å². The maximum atomic E-state index is 5.10. The van der Waals surface area contributed by atoms with Crippen molar-refractivity contribution in [2.45, 2.75) is 85.0 Å². The predicted octanol–water partition coefficient (Wildman–Crippen LogP) is 7.50. The van der Waals surface area contributed by atoms with E-state index in [1.807, 2.05) is 19.9 Å². The zero-order chi connectivity index (χ0) is 21.7. The minimum absolute atomic E-state index is 0.189. The van der Waals surface area contributed by atoms with Gasteiger partial charge in [0.15, 0.2) is 0 Å². The van der Waals surface area contributed by atoms with E-state index >= 15 is 0 Å². The number of aryl methyl sites for hydroxylation is 1. The summed E-state index contributed by atoms with van der Waals surface area (Å²) in [5, 5.41) is 1.12. The molecule has 0 aliphatic heterocycles. The number of benzene rings is 2. The largest absolute Gasteiger partial charge is 0.280 e. The third-order valence-corrected chi connectivity index (χ3v) is 6.84. The minimum Gasteiger partial charge on any atom is -0.280 e. The Morgan fingerprint density at radius 2 is 1.70 bits per heavy atom. The van der Waals surface area contributed by atoms with Crippen LogP contribution < -0.4 is 0 Å². The zero-order valence-electron chi connectivity index (χ0n) is 19.6. The maximum Gasteiger partial charge on any atom is 0.148 e. The molecule has 0 spiro atoms. The first-order chi connectivity index (χ1) is 14.3. The normalized spacial score (nSPS) is 19.8. The first-order valence-electron chi connectivity index (χ1n) is 11.6. The van der Waals surface area contributed by atoms with Crippen LogP contribution in [0.25, 0.3) is 27.6 Å². The van der Waals surface area contributed by atoms with E-state index in [4.69, 9.17) is 9.97 Å². The molecule has 1 atom stereocenters. The topological polar surface area (TPSA) is 30.2 Å². The molecule has 158 valence electrons. The van der Waals surface area contributed by atoms with Gasteiger partial charge in [-0.2, -0.15) is 0 Å². The van der Waals surface area contributed by atoms with Gasteiger partial charge in [0.25, 0.3) is 0 Å². The second-order valence-electron chi connectivity index (χ2n) is 9.56. The molecule has 30 heavy (non-hydrogen) atoms. The fraction of sp³-hybridized carbons (Fsp3) is 0.481. The van der Waals surface area contributed by atoms with Crippen molar-refractivity contribution < 1.29 is 0 Å². The van der Waals surface area contributed by atoms with E-state index in [-0.39, 0.29) is 10.8 Å². The van der Waals surface area contributed by atoms with Crippen LogP contribution in [-0.2, 0) is 10.8 Å². The summed E-state index contributed by atoms with van der Waals surface area (Å²) in [6.07, 6.45) is 4.99. The maximum absolute atomic E-state index is 5.10. The lowest BCUT2D eigenvalue weighted by molar-refractivity contribution is 0.347. The minimum atomic E-state index is 0.189. The zero-order valence-corrected chi connectivity index (χ0v) is 19.6. The lowest BCUT2D eigenvalue weighted by atomic mass is 9.77. The number of nitrogens with zero attached hydrogens (tertiary/aromatic N) is 3. The van der Waals surface area contributed by atoms with Crippen LogP contribution in [0.15, 0.2) is 36.4 Å². The molecule has 1 aliphatic rings. The molecule has 0 radical (unpaired) electrons. The predicted molar refractivity (Wildman–Crippen MR) is 129 cm³/mol. The van der Waals surface area contributed by atoms with Crippen LogP contribution in [0.1, 0.15) is 84.2 Å². The van der Waals surface area contributed by atoms with Crippen molar-refractivity contribution in [2.75, 3.05) is 0 Å². The molecule has 0 bridgehead atoms. The van der Waals surface area contributed by atoms with Gasteiger partial charge in [0, 0.05) is 5.39 Å². The van der Waals surface area contributed by atoms with Gasteiger partial charge in [-0.3, -0.25) is 4.40 Å². The lowest BCUT2D eigenvalue weighted by Crippen LogP contribution is -2.21. The third kappa shape index (κ3) is 3.02. The highest BCUT2D eigenvalue weighted by molar-refractivity contribution is 5.96. The summed E-state index contributed by atoms with van der Waals surface area (Å²) in [6, 6.07) is 13.1. The van der Waals surface area contributed by atoms with Gasteiger partial charge in [-0.1, -0.05) is 66.5 Å². The van der Waals surface area contributed by atoms with Crippen LogP contribution in [0.3, 0.4) is 0 Å². The molecule has 3 nitrogen and oxygen atoms in total. The molecule has 1 unspecified atom stereocenters. The molecule has 3 heteroatoms. The van der Waals surface area contributed by atoms with Crippen LogP contribution in [0.2, 0.25) is 0 Å². The van der Waals surface area contributed by atoms with Gasteiger partial charge in [-0.25, -0.2) is 9.97 Å². The van der Waals surface area contributed by atoms with Crippen molar-refractivity contribution in [1.82, 2.24) is 14.4 Å². The number of hydrogen-bond acceptors (Lipinski definition) is 2. The molecule has 0 saturated carbocycles. The summed E-state index contributed by atoms with van der Waals surface area (Å²) >= 11 is 0. The molecule has 2 aromatic carbocycles. The second-order valence-corrected chi connectivity index (χ2v) is 9.56. The van der Waals surface area contributed by atoms with Gasteiger partial charge in [0.1, 0.15) is 11.5 Å². The van der Waals surface area contributed by atoms with Crippen molar-refractivity contribution in [1.29, 1.82) is 0 Å². The van der Waals surface area contributed by atoms with Crippen LogP contribution in [0, 0.1) is 6.92 Å². The summed E-state index contributed by atoms with van der Waals surface area (Å²) < 4.78 is 2.25. The molecule has 4 aromatic rings. The number of rotatable bonds is 3. The molecule has 2 aromatic heterocycles. The molecule has 5 rings (SSSR count). The van der Waals surface area contributed by atoms with Crippen molar-refractivity contribution >= 4 is 27.6 Å². The first kappa shape index (κ1) is 20.8. The number of aromatic nitrogens is 3. The quantitative estimate of drug-likeness (QED) is 0.356. The fourth-order valence-corrected chi connectivity index (χ4v) is 5.63. The van der Waals surface area contributed by atoms with Crippen molar-refractivity contribution in [3.05, 3.63) is 53.3 Å². The van der Waals surface area contributed by atoms with Crippen LogP contribution in [0.4, 0.5) is 0 Å². The molecule has 1 aliphatic carbocycles. The molecule has 2 heterocycles. The number of imidazole rings is 1. The van der Waals surface area contributed by atoms with Gasteiger partial charge in [0.2, 0.25) is 0 Å². The Labute approximate surface area is 180 Å². The number of fused-ring (bicyclic) bond motifs is 6. The number of unbranched alkanes of at least 4 members (excludes halogenated alkanes) is 1. The van der Waals surface area contributed by atoms with E-state index in [0.29, 0.717) is 0 Å². The average molecular weight is 402 g/mol. The molecular formula is C27H35N3. The SMILES string of the molecule is CC.CCCCC1(C)CC(C)(C)c2cc3c(cc21)nc1c2ccccc2nc(C)n31. The first-order valence-corrected chi connectivity index (χ1v) is 11.6. The Morgan fingerprint density at radius 1 is 0.967 bits per heavy atom. The number of para-hydroxylation sites is 1. The Morgan fingerprint density at radius 3 is 2.43 bits per heavy atom. The van der Waals surface area contributed by atoms with E-state index in [1.165, 1.54) is 42.3 Å². The molecule has 0 saturated heterocycles. The van der Waals surface area contributed by atoms with Crippen molar-refractivity contribution in [2.24, 2.45) is 0 Å². The van der Waals surface area contributed by atoms with Gasteiger partial charge < -0.3 is 0 Å². The standard InChI is InChI=1S/C25H29N3.C2H6/c1-6-7-12-25(5)15-24(3,4)18-14-22-21(13-19(18)25)27-23-17-10-8-9-11-20(17)26-16(2)28(22)23;1-2/h8-11,13-14H,6-7,12,15H2,1-5H3;1-2H3. The molecule has 0 N–H and O–H groups in total. The van der Waals surface area contributed by atoms with E-state index in [0.717, 1.165) is 27.9 Å². The summed E-state index contributed by atoms with van der Waals surface area (Å²) in [5.74, 6) is 1.00. The van der Waals surface area contributed by atoms with E-state index < -0.39 is 0 Å². The second kappa shape index (κ2) is 7.37. The highest BCUT2D eigenvalue weighted by Gasteiger charge is 2.44. The smallest absolute Gasteiger partial charge is 0.148 e. The van der Waals surface area contributed by atoms with Crippen LogP contribution >= 0.6 is 0 Å². The Hall–Kier alpha value is -2.42. The van der Waals surface area contributed by atoms with E-state index in [2.05, 4.69) is 69.4 Å². The number of hydrogen-bond donors (Lipinski definition) is 0. The van der Waals surface area contributed by atoms with Crippen molar-refractivity contribution in [3.8, 4) is 0 Å². The van der Waals surface area contributed by atoms with Gasteiger partial charge >= 0.3 is 0 Å². The highest BCUT2D eigenvalue weighted by Crippen LogP contribution is 2.52. The average Bonchev–Trinajstić information content (AvgIpc) is 3.20. The Balaban J connectivity index is 0.00000106. The third-order valence-electron chi connectivity index (χ3n) is 6.84. The summed E-state index contributed by atoms with van der Waals surface area (Å²) in [7, 11) is 0.